The third kappa shape index (κ3) is 4.82. The number of ether oxygens (including phenoxy) is 1. The maximum Gasteiger partial charge on any atom is 0.251 e. The van der Waals surface area contributed by atoms with Gasteiger partial charge in [-0.2, -0.15) is 0 Å². The minimum Gasteiger partial charge on any atom is -0.367 e. The van der Waals surface area contributed by atoms with Crippen molar-refractivity contribution >= 4 is 17.7 Å². The maximum absolute atomic E-state index is 12.5. The number of carbonyl (C=O) groups excluding carboxylic acids is 3. The average molecular weight is 361 g/mol. The number of morpholine rings is 1. The summed E-state index contributed by atoms with van der Waals surface area (Å²) < 4.78 is 5.23. The molecule has 1 aromatic rings. The molecular weight excluding hydrogens is 334 g/mol. The topological polar surface area (TPSA) is 102 Å². The Morgan fingerprint density at radius 1 is 1.23 bits per heavy atom. The Labute approximate surface area is 153 Å². The largest absolute Gasteiger partial charge is 0.367 e. The first-order valence-corrected chi connectivity index (χ1v) is 8.70. The molecule has 1 fully saturated rings. The number of amides is 3. The molecule has 1 saturated heterocycles. The van der Waals surface area contributed by atoms with Gasteiger partial charge < -0.3 is 20.7 Å². The van der Waals surface area contributed by atoms with Crippen LogP contribution >= 0.6 is 0 Å². The van der Waals surface area contributed by atoms with Gasteiger partial charge in [0.1, 0.15) is 6.04 Å². The van der Waals surface area contributed by atoms with Gasteiger partial charge in [0.05, 0.1) is 13.2 Å². The van der Waals surface area contributed by atoms with E-state index in [4.69, 9.17) is 10.5 Å². The highest BCUT2D eigenvalue weighted by Gasteiger charge is 2.30. The van der Waals surface area contributed by atoms with Crippen LogP contribution in [0.1, 0.15) is 43.6 Å². The Balaban J connectivity index is 1.97. The Morgan fingerprint density at radius 3 is 2.38 bits per heavy atom. The van der Waals surface area contributed by atoms with Gasteiger partial charge in [-0.05, 0) is 30.0 Å². The summed E-state index contributed by atoms with van der Waals surface area (Å²) in [6, 6.07) is 6.63. The van der Waals surface area contributed by atoms with Gasteiger partial charge in [-0.1, -0.05) is 32.9 Å². The van der Waals surface area contributed by atoms with E-state index in [1.165, 1.54) is 4.90 Å². The first-order valence-electron chi connectivity index (χ1n) is 8.70. The van der Waals surface area contributed by atoms with Crippen LogP contribution in [-0.4, -0.2) is 54.5 Å². The van der Waals surface area contributed by atoms with Gasteiger partial charge in [0.15, 0.2) is 6.10 Å². The molecule has 0 bridgehead atoms. The predicted octanol–water partition coefficient (Wildman–Crippen LogP) is 0.815. The number of primary amides is 1. The van der Waals surface area contributed by atoms with Gasteiger partial charge in [0.25, 0.3) is 5.91 Å². The Bertz CT molecular complexity index is 679. The fourth-order valence-electron chi connectivity index (χ4n) is 2.76. The van der Waals surface area contributed by atoms with Crippen molar-refractivity contribution in [1.29, 1.82) is 0 Å². The molecule has 2 rings (SSSR count). The molecule has 0 aliphatic carbocycles. The molecule has 2 unspecified atom stereocenters. The van der Waals surface area contributed by atoms with Crippen LogP contribution in [0.25, 0.3) is 0 Å². The van der Waals surface area contributed by atoms with E-state index in [0.29, 0.717) is 12.1 Å². The number of hydrogen-bond donors (Lipinski definition) is 2. The highest BCUT2D eigenvalue weighted by Crippen LogP contribution is 2.22. The van der Waals surface area contributed by atoms with E-state index in [1.54, 1.807) is 19.1 Å². The molecule has 0 aromatic heterocycles. The minimum absolute atomic E-state index is 0.00552. The summed E-state index contributed by atoms with van der Waals surface area (Å²) in [6.45, 7) is 8.64. The summed E-state index contributed by atoms with van der Waals surface area (Å²) in [5.41, 5.74) is 6.86. The van der Waals surface area contributed by atoms with Crippen LogP contribution in [-0.2, 0) is 19.7 Å². The van der Waals surface area contributed by atoms with E-state index in [2.05, 4.69) is 26.1 Å². The fourth-order valence-corrected chi connectivity index (χ4v) is 2.76. The van der Waals surface area contributed by atoms with Gasteiger partial charge in [-0.3, -0.25) is 14.4 Å². The second-order valence-electron chi connectivity index (χ2n) is 7.57. The Morgan fingerprint density at radius 2 is 1.85 bits per heavy atom. The minimum atomic E-state index is -0.805. The van der Waals surface area contributed by atoms with Gasteiger partial charge in [0.2, 0.25) is 11.8 Å². The number of carbonyl (C=O) groups is 3. The number of rotatable bonds is 4. The second kappa shape index (κ2) is 7.86. The first kappa shape index (κ1) is 19.9. The van der Waals surface area contributed by atoms with Crippen LogP contribution in [0.2, 0.25) is 0 Å². The summed E-state index contributed by atoms with van der Waals surface area (Å²) in [5.74, 6) is -1.18. The van der Waals surface area contributed by atoms with E-state index in [9.17, 15) is 14.4 Å². The zero-order valence-electron chi connectivity index (χ0n) is 15.7. The fraction of sp³-hybridized carbons (Fsp3) is 0.526. The molecule has 7 nitrogen and oxygen atoms in total. The lowest BCUT2D eigenvalue weighted by Gasteiger charge is -2.33. The highest BCUT2D eigenvalue weighted by molar-refractivity contribution is 5.97. The lowest BCUT2D eigenvalue weighted by Crippen LogP contribution is -2.55. The molecule has 1 aliphatic heterocycles. The van der Waals surface area contributed by atoms with E-state index in [0.717, 1.165) is 5.56 Å². The number of nitrogens with one attached hydrogen (secondary N) is 1. The molecule has 1 aromatic carbocycles. The van der Waals surface area contributed by atoms with Gasteiger partial charge in [0, 0.05) is 12.1 Å². The quantitative estimate of drug-likeness (QED) is 0.829. The first-order chi connectivity index (χ1) is 12.1. The summed E-state index contributed by atoms with van der Waals surface area (Å²) >= 11 is 0. The highest BCUT2D eigenvalue weighted by atomic mass is 16.5. The molecular formula is C19H27N3O4. The standard InChI is InChI=1S/C19H27N3O4/c1-12(18(25)22-9-10-26-15(11-22)16(20)23)21-17(24)13-5-7-14(8-6-13)19(2,3)4/h5-8,12,15H,9-11H2,1-4H3,(H2,20,23)(H,21,24). The lowest BCUT2D eigenvalue weighted by atomic mass is 9.86. The number of nitrogens with zero attached hydrogens (tertiary/aromatic N) is 1. The molecule has 0 saturated carbocycles. The van der Waals surface area contributed by atoms with E-state index >= 15 is 0 Å². The van der Waals surface area contributed by atoms with Crippen LogP contribution in [0.5, 0.6) is 0 Å². The SMILES string of the molecule is CC(NC(=O)c1ccc(C(C)(C)C)cc1)C(=O)N1CCOC(C(N)=O)C1. The number of nitrogens with two attached hydrogens (primary N) is 1. The maximum atomic E-state index is 12.5. The smallest absolute Gasteiger partial charge is 0.251 e. The Kier molecular flexibility index (Phi) is 6.02. The molecule has 0 spiro atoms. The predicted molar refractivity (Wildman–Crippen MR) is 97.6 cm³/mol. The van der Waals surface area contributed by atoms with E-state index in [-0.39, 0.29) is 30.4 Å². The lowest BCUT2D eigenvalue weighted by molar-refractivity contribution is -0.146. The third-order valence-corrected chi connectivity index (χ3v) is 4.43. The van der Waals surface area contributed by atoms with Crippen molar-refractivity contribution in [2.45, 2.75) is 45.3 Å². The van der Waals surface area contributed by atoms with Crippen LogP contribution < -0.4 is 11.1 Å². The van der Waals surface area contributed by atoms with Crippen LogP contribution in [0.3, 0.4) is 0 Å². The van der Waals surface area contributed by atoms with E-state index < -0.39 is 18.1 Å². The Hall–Kier alpha value is -2.41. The zero-order chi connectivity index (χ0) is 19.5. The molecule has 26 heavy (non-hydrogen) atoms. The van der Waals surface area contributed by atoms with Crippen molar-refractivity contribution in [3.8, 4) is 0 Å². The summed E-state index contributed by atoms with van der Waals surface area (Å²) in [6.07, 6.45) is -0.805. The van der Waals surface area contributed by atoms with Crippen molar-refractivity contribution < 1.29 is 19.1 Å². The number of benzene rings is 1. The van der Waals surface area contributed by atoms with Crippen LogP contribution in [0.4, 0.5) is 0 Å². The van der Waals surface area contributed by atoms with Crippen molar-refractivity contribution in [3.63, 3.8) is 0 Å². The van der Waals surface area contributed by atoms with Crippen LogP contribution in [0.15, 0.2) is 24.3 Å². The molecule has 7 heteroatoms. The van der Waals surface area contributed by atoms with Crippen molar-refractivity contribution in [1.82, 2.24) is 10.2 Å². The second-order valence-corrected chi connectivity index (χ2v) is 7.57. The summed E-state index contributed by atoms with van der Waals surface area (Å²) in [7, 11) is 0. The molecule has 142 valence electrons. The molecule has 1 aliphatic rings. The molecule has 0 radical (unpaired) electrons. The average Bonchev–Trinajstić information content (AvgIpc) is 2.60. The summed E-state index contributed by atoms with van der Waals surface area (Å²) in [4.78, 5) is 37.7. The van der Waals surface area contributed by atoms with Crippen LogP contribution in [0, 0.1) is 0 Å². The number of hydrogen-bond acceptors (Lipinski definition) is 4. The molecule has 1 heterocycles. The monoisotopic (exact) mass is 361 g/mol. The van der Waals surface area contributed by atoms with Crippen molar-refractivity contribution in [2.75, 3.05) is 19.7 Å². The zero-order valence-corrected chi connectivity index (χ0v) is 15.7. The normalized spacial score (nSPS) is 18.9. The molecule has 2 atom stereocenters. The van der Waals surface area contributed by atoms with E-state index in [1.807, 2.05) is 12.1 Å². The summed E-state index contributed by atoms with van der Waals surface area (Å²) in [5, 5.41) is 2.71. The van der Waals surface area contributed by atoms with Crippen molar-refractivity contribution in [3.05, 3.63) is 35.4 Å². The van der Waals surface area contributed by atoms with Gasteiger partial charge in [-0.25, -0.2) is 0 Å². The van der Waals surface area contributed by atoms with Crippen molar-refractivity contribution in [2.24, 2.45) is 5.73 Å². The molecule has 3 N–H and O–H groups in total. The van der Waals surface area contributed by atoms with Gasteiger partial charge in [-0.15, -0.1) is 0 Å². The van der Waals surface area contributed by atoms with Gasteiger partial charge >= 0.3 is 0 Å². The molecule has 3 amide bonds. The third-order valence-electron chi connectivity index (χ3n) is 4.43.